The van der Waals surface area contributed by atoms with Crippen LogP contribution in [0.3, 0.4) is 0 Å². The summed E-state index contributed by atoms with van der Waals surface area (Å²) in [5, 5.41) is 13.4. The number of amides is 2. The Morgan fingerprint density at radius 3 is 2.39 bits per heavy atom. The van der Waals surface area contributed by atoms with Crippen molar-refractivity contribution >= 4 is 23.1 Å². The van der Waals surface area contributed by atoms with Gasteiger partial charge < -0.3 is 20.1 Å². The average Bonchev–Trinajstić information content (AvgIpc) is 3.64. The van der Waals surface area contributed by atoms with Crippen LogP contribution in [-0.2, 0) is 6.18 Å². The average molecular weight is 602 g/mol. The number of hydrogen-bond donors (Lipinski definition) is 2. The zero-order chi connectivity index (χ0) is 30.8. The van der Waals surface area contributed by atoms with E-state index in [1.807, 2.05) is 12.1 Å². The highest BCUT2D eigenvalue weighted by atomic mass is 19.4. The number of halogens is 3. The third kappa shape index (κ3) is 5.97. The summed E-state index contributed by atoms with van der Waals surface area (Å²) in [6.45, 7) is 1.79. The number of carbonyl (C=O) groups excluding carboxylic acids is 1. The van der Waals surface area contributed by atoms with Gasteiger partial charge in [0.1, 0.15) is 5.75 Å². The Labute approximate surface area is 247 Å². The fourth-order valence-electron chi connectivity index (χ4n) is 4.25. The van der Waals surface area contributed by atoms with Crippen molar-refractivity contribution in [2.45, 2.75) is 13.1 Å². The molecular formula is C29H22F3N9O3. The van der Waals surface area contributed by atoms with Crippen molar-refractivity contribution in [3.8, 4) is 34.5 Å². The molecule has 2 aromatic carbocycles. The van der Waals surface area contributed by atoms with E-state index in [-0.39, 0.29) is 23.1 Å². The molecule has 4 heterocycles. The number of anilines is 2. The summed E-state index contributed by atoms with van der Waals surface area (Å²) in [4.78, 5) is 25.4. The number of carbonyl (C=O) groups is 1. The number of rotatable bonds is 7. The SMILES string of the molecule is COc1ccn2ncc(-c3ccc(Oc4ncc(NC(=O)Nc5cc(C(F)(F)F)ccc5-n5cc(C)cn5)cn4)cc3)c2n1. The van der Waals surface area contributed by atoms with Gasteiger partial charge in [-0.15, -0.1) is 0 Å². The van der Waals surface area contributed by atoms with Crippen LogP contribution in [0.15, 0.2) is 85.7 Å². The van der Waals surface area contributed by atoms with Gasteiger partial charge in [0.15, 0.2) is 5.65 Å². The van der Waals surface area contributed by atoms with Gasteiger partial charge in [-0.3, -0.25) is 0 Å². The first-order valence-corrected chi connectivity index (χ1v) is 13.0. The van der Waals surface area contributed by atoms with E-state index in [2.05, 4.69) is 35.8 Å². The summed E-state index contributed by atoms with van der Waals surface area (Å²) >= 11 is 0. The number of methoxy groups -OCH3 is 1. The maximum absolute atomic E-state index is 13.4. The molecule has 0 saturated heterocycles. The fourth-order valence-corrected chi connectivity index (χ4v) is 4.25. The number of hydrogen-bond acceptors (Lipinski definition) is 8. The Hall–Kier alpha value is -5.99. The van der Waals surface area contributed by atoms with E-state index in [0.717, 1.165) is 28.8 Å². The van der Waals surface area contributed by atoms with E-state index in [0.29, 0.717) is 17.3 Å². The van der Waals surface area contributed by atoms with Crippen molar-refractivity contribution in [3.05, 3.63) is 96.8 Å². The second-order valence-electron chi connectivity index (χ2n) is 9.45. The number of alkyl halides is 3. The topological polar surface area (TPSA) is 133 Å². The second-order valence-corrected chi connectivity index (χ2v) is 9.45. The van der Waals surface area contributed by atoms with Gasteiger partial charge in [-0.2, -0.15) is 28.4 Å². The summed E-state index contributed by atoms with van der Waals surface area (Å²) in [7, 11) is 1.54. The zero-order valence-corrected chi connectivity index (χ0v) is 23.1. The molecule has 0 spiro atoms. The number of aromatic nitrogens is 7. The molecule has 0 aliphatic heterocycles. The number of aryl methyl sites for hydroxylation is 1. The van der Waals surface area contributed by atoms with E-state index in [4.69, 9.17) is 9.47 Å². The molecule has 0 atom stereocenters. The molecule has 15 heteroatoms. The molecule has 2 N–H and O–H groups in total. The Kier molecular flexibility index (Phi) is 7.26. The highest BCUT2D eigenvalue weighted by Crippen LogP contribution is 2.33. The molecule has 2 amide bonds. The summed E-state index contributed by atoms with van der Waals surface area (Å²) in [5.41, 5.74) is 2.51. The van der Waals surface area contributed by atoms with E-state index in [1.165, 1.54) is 23.1 Å². The van der Waals surface area contributed by atoms with Gasteiger partial charge in [0.2, 0.25) is 5.88 Å². The van der Waals surface area contributed by atoms with Crippen LogP contribution in [0.5, 0.6) is 17.6 Å². The molecule has 0 aliphatic rings. The van der Waals surface area contributed by atoms with Gasteiger partial charge >= 0.3 is 18.2 Å². The van der Waals surface area contributed by atoms with Crippen LogP contribution < -0.4 is 20.1 Å². The first-order valence-electron chi connectivity index (χ1n) is 13.0. The Morgan fingerprint density at radius 2 is 1.70 bits per heavy atom. The highest BCUT2D eigenvalue weighted by molar-refractivity contribution is 6.00. The number of benzene rings is 2. The quantitative estimate of drug-likeness (QED) is 0.223. The molecule has 0 radical (unpaired) electrons. The van der Waals surface area contributed by atoms with Crippen LogP contribution in [0.4, 0.5) is 29.3 Å². The molecular weight excluding hydrogens is 579 g/mol. The Morgan fingerprint density at radius 1 is 0.932 bits per heavy atom. The standard InChI is InChI=1S/C29H22F3N9O3/c1-17-12-35-41(16-17)24-8-5-19(29(30,31)32)11-23(24)38-27(42)37-20-13-33-28(34-14-20)44-21-6-3-18(4-7-21)22-15-36-40-10-9-25(43-2)39-26(22)40/h3-16H,1-2H3,(H2,37,38,42). The number of nitrogens with zero attached hydrogens (tertiary/aromatic N) is 7. The van der Waals surface area contributed by atoms with E-state index >= 15 is 0 Å². The van der Waals surface area contributed by atoms with Crippen molar-refractivity contribution < 1.29 is 27.4 Å². The Balaban J connectivity index is 1.12. The minimum absolute atomic E-state index is 0.0142. The maximum atomic E-state index is 13.4. The molecule has 4 aromatic heterocycles. The van der Waals surface area contributed by atoms with Crippen molar-refractivity contribution in [3.63, 3.8) is 0 Å². The maximum Gasteiger partial charge on any atom is 0.416 e. The number of fused-ring (bicyclic) bond motifs is 1. The molecule has 6 aromatic rings. The number of urea groups is 1. The molecule has 12 nitrogen and oxygen atoms in total. The lowest BCUT2D eigenvalue weighted by molar-refractivity contribution is -0.137. The minimum Gasteiger partial charge on any atom is -0.481 e. The lowest BCUT2D eigenvalue weighted by Crippen LogP contribution is -2.21. The monoisotopic (exact) mass is 601 g/mol. The molecule has 0 saturated carbocycles. The van der Waals surface area contributed by atoms with E-state index in [1.54, 1.807) is 61.5 Å². The summed E-state index contributed by atoms with van der Waals surface area (Å²) < 4.78 is 54.0. The third-order valence-electron chi connectivity index (χ3n) is 6.34. The molecule has 0 aliphatic carbocycles. The molecule has 0 unspecified atom stereocenters. The second kappa shape index (κ2) is 11.4. The van der Waals surface area contributed by atoms with Crippen molar-refractivity contribution in [2.24, 2.45) is 0 Å². The predicted molar refractivity (Wildman–Crippen MR) is 153 cm³/mol. The Bertz CT molecular complexity index is 1950. The van der Waals surface area contributed by atoms with Crippen LogP contribution in [-0.4, -0.2) is 47.5 Å². The minimum atomic E-state index is -4.60. The smallest absolute Gasteiger partial charge is 0.416 e. The summed E-state index contributed by atoms with van der Waals surface area (Å²) in [6, 6.07) is 11.0. The van der Waals surface area contributed by atoms with Crippen LogP contribution >= 0.6 is 0 Å². The largest absolute Gasteiger partial charge is 0.481 e. The molecule has 222 valence electrons. The van der Waals surface area contributed by atoms with Crippen LogP contribution in [0, 0.1) is 6.92 Å². The first-order chi connectivity index (χ1) is 21.2. The van der Waals surface area contributed by atoms with Crippen LogP contribution in [0.2, 0.25) is 0 Å². The zero-order valence-electron chi connectivity index (χ0n) is 23.1. The molecule has 44 heavy (non-hydrogen) atoms. The lowest BCUT2D eigenvalue weighted by Gasteiger charge is -2.15. The molecule has 0 fully saturated rings. The lowest BCUT2D eigenvalue weighted by atomic mass is 10.1. The van der Waals surface area contributed by atoms with E-state index < -0.39 is 17.8 Å². The molecule has 6 rings (SSSR count). The summed E-state index contributed by atoms with van der Waals surface area (Å²) in [6.07, 6.45) is 4.64. The first kappa shape index (κ1) is 28.1. The molecule has 0 bridgehead atoms. The van der Waals surface area contributed by atoms with Gasteiger partial charge in [0, 0.05) is 24.0 Å². The highest BCUT2D eigenvalue weighted by Gasteiger charge is 2.31. The van der Waals surface area contributed by atoms with Gasteiger partial charge in [0.25, 0.3) is 0 Å². The van der Waals surface area contributed by atoms with Gasteiger partial charge in [-0.1, -0.05) is 12.1 Å². The fraction of sp³-hybridized carbons (Fsp3) is 0.103. The van der Waals surface area contributed by atoms with Crippen LogP contribution in [0.25, 0.3) is 22.5 Å². The van der Waals surface area contributed by atoms with E-state index in [9.17, 15) is 18.0 Å². The predicted octanol–water partition coefficient (Wildman–Crippen LogP) is 6.14. The summed E-state index contributed by atoms with van der Waals surface area (Å²) in [5.74, 6) is 0.927. The van der Waals surface area contributed by atoms with Crippen molar-refractivity contribution in [2.75, 3.05) is 17.7 Å². The van der Waals surface area contributed by atoms with Crippen molar-refractivity contribution in [1.82, 2.24) is 34.3 Å². The van der Waals surface area contributed by atoms with Crippen molar-refractivity contribution in [1.29, 1.82) is 0 Å². The van der Waals surface area contributed by atoms with Gasteiger partial charge in [-0.05, 0) is 48.4 Å². The number of nitrogens with one attached hydrogen (secondary N) is 2. The van der Waals surface area contributed by atoms with Gasteiger partial charge in [-0.25, -0.2) is 24.0 Å². The third-order valence-corrected chi connectivity index (χ3v) is 6.34. The number of ether oxygens (including phenoxy) is 2. The van der Waals surface area contributed by atoms with Crippen LogP contribution in [0.1, 0.15) is 11.1 Å². The normalized spacial score (nSPS) is 11.4. The van der Waals surface area contributed by atoms with Gasteiger partial charge in [0.05, 0.1) is 54.5 Å².